The molecule has 6 nitrogen and oxygen atoms in total. The maximum absolute atomic E-state index is 13.9. The van der Waals surface area contributed by atoms with Gasteiger partial charge in [0.15, 0.2) is 0 Å². The standard InChI is InChI=1S/C16H22ClN2O4PS2/c1-10(2)13-9-26-16(25)19(13)24(21,18-11(3)15(20)22-4)23-14-8-6-5-7-12(14)17/h5-8,10-11,13H,9H2,1-4H3,(H,18,21)/t11-,13+,24-/m0/s1. The molecule has 1 aliphatic rings. The van der Waals surface area contributed by atoms with Crippen LogP contribution >= 0.6 is 43.3 Å². The molecule has 1 saturated heterocycles. The molecule has 1 aromatic carbocycles. The third-order valence-corrected chi connectivity index (χ3v) is 8.21. The highest BCUT2D eigenvalue weighted by Crippen LogP contribution is 2.55. The number of halogens is 1. The van der Waals surface area contributed by atoms with Crippen molar-refractivity contribution in [2.24, 2.45) is 5.92 Å². The van der Waals surface area contributed by atoms with Gasteiger partial charge < -0.3 is 9.26 Å². The minimum absolute atomic E-state index is 0.0989. The van der Waals surface area contributed by atoms with E-state index < -0.39 is 19.7 Å². The van der Waals surface area contributed by atoms with Gasteiger partial charge in [-0.1, -0.05) is 61.6 Å². The van der Waals surface area contributed by atoms with Crippen LogP contribution in [0.2, 0.25) is 5.02 Å². The molecule has 0 radical (unpaired) electrons. The van der Waals surface area contributed by atoms with Crippen LogP contribution < -0.4 is 9.61 Å². The number of hydrogen-bond acceptors (Lipinski definition) is 6. The van der Waals surface area contributed by atoms with Gasteiger partial charge in [0.2, 0.25) is 0 Å². The predicted octanol–water partition coefficient (Wildman–Crippen LogP) is 4.34. The molecule has 0 amide bonds. The zero-order valence-corrected chi connectivity index (χ0v) is 18.3. The van der Waals surface area contributed by atoms with Crippen LogP contribution in [0, 0.1) is 5.92 Å². The number of methoxy groups -OCH3 is 1. The first kappa shape index (κ1) is 21.5. The second kappa shape index (κ2) is 8.93. The molecule has 144 valence electrons. The summed E-state index contributed by atoms with van der Waals surface area (Å²) in [6.07, 6.45) is 0. The maximum atomic E-state index is 13.9. The van der Waals surface area contributed by atoms with Crippen molar-refractivity contribution in [3.8, 4) is 5.75 Å². The highest BCUT2D eigenvalue weighted by Gasteiger charge is 2.47. The van der Waals surface area contributed by atoms with Crippen molar-refractivity contribution in [2.75, 3.05) is 12.9 Å². The Bertz CT molecular complexity index is 734. The number of ether oxygens (including phenoxy) is 1. The van der Waals surface area contributed by atoms with Gasteiger partial charge in [0.05, 0.1) is 18.2 Å². The first-order valence-corrected chi connectivity index (χ1v) is 11.4. The van der Waals surface area contributed by atoms with Gasteiger partial charge in [-0.3, -0.25) is 9.46 Å². The summed E-state index contributed by atoms with van der Waals surface area (Å²) in [6.45, 7) is 5.61. The Kier molecular flexibility index (Phi) is 7.39. The fourth-order valence-electron chi connectivity index (χ4n) is 2.47. The highest BCUT2D eigenvalue weighted by atomic mass is 35.5. The Labute approximate surface area is 168 Å². The van der Waals surface area contributed by atoms with Gasteiger partial charge in [0.1, 0.15) is 16.1 Å². The molecule has 26 heavy (non-hydrogen) atoms. The maximum Gasteiger partial charge on any atom is 0.421 e. The van der Waals surface area contributed by atoms with Gasteiger partial charge in [0.25, 0.3) is 0 Å². The summed E-state index contributed by atoms with van der Waals surface area (Å²) in [5.41, 5.74) is 0. The summed E-state index contributed by atoms with van der Waals surface area (Å²) in [7, 11) is -2.50. The van der Waals surface area contributed by atoms with Crippen molar-refractivity contribution in [3.05, 3.63) is 29.3 Å². The van der Waals surface area contributed by atoms with Crippen LogP contribution in [-0.2, 0) is 14.1 Å². The lowest BCUT2D eigenvalue weighted by Gasteiger charge is -2.36. The SMILES string of the molecule is COC(=O)[C@H](C)N[P@](=O)(Oc1ccccc1Cl)N1C(=S)SC[C@@H]1C(C)C. The van der Waals surface area contributed by atoms with Crippen LogP contribution in [0.3, 0.4) is 0 Å². The monoisotopic (exact) mass is 436 g/mol. The molecular formula is C16H22ClN2O4PS2. The molecule has 0 saturated carbocycles. The Balaban J connectivity index is 2.43. The van der Waals surface area contributed by atoms with Crippen LogP contribution in [-0.4, -0.2) is 39.9 Å². The van der Waals surface area contributed by atoms with Gasteiger partial charge in [-0.05, 0) is 25.0 Å². The molecule has 3 atom stereocenters. The Morgan fingerprint density at radius 3 is 2.65 bits per heavy atom. The quantitative estimate of drug-likeness (QED) is 0.384. The summed E-state index contributed by atoms with van der Waals surface area (Å²) in [6, 6.07) is 5.79. The van der Waals surface area contributed by atoms with Crippen molar-refractivity contribution < 1.29 is 18.6 Å². The summed E-state index contributed by atoms with van der Waals surface area (Å²) >= 11 is 13.0. The number of nitrogens with zero attached hydrogens (tertiary/aromatic N) is 1. The van der Waals surface area contributed by atoms with E-state index in [1.54, 1.807) is 35.9 Å². The fourth-order valence-corrected chi connectivity index (χ4v) is 7.32. The van der Waals surface area contributed by atoms with Crippen molar-refractivity contribution in [1.82, 2.24) is 9.76 Å². The average molecular weight is 437 g/mol. The smallest absolute Gasteiger partial charge is 0.421 e. The van der Waals surface area contributed by atoms with Gasteiger partial charge in [0, 0.05) is 5.75 Å². The third-order valence-electron chi connectivity index (χ3n) is 3.90. The van der Waals surface area contributed by atoms with E-state index >= 15 is 0 Å². The number of rotatable bonds is 7. The van der Waals surface area contributed by atoms with E-state index in [0.29, 0.717) is 15.1 Å². The van der Waals surface area contributed by atoms with E-state index in [0.717, 1.165) is 0 Å². The van der Waals surface area contributed by atoms with Crippen molar-refractivity contribution >= 4 is 53.5 Å². The lowest BCUT2D eigenvalue weighted by atomic mass is 10.1. The lowest BCUT2D eigenvalue weighted by Crippen LogP contribution is -2.44. The number of thioether (sulfide) groups is 1. The molecule has 2 rings (SSSR count). The van der Waals surface area contributed by atoms with Crippen LogP contribution in [0.1, 0.15) is 20.8 Å². The zero-order valence-electron chi connectivity index (χ0n) is 15.0. The summed E-state index contributed by atoms with van der Waals surface area (Å²) in [5.74, 6) is 0.582. The first-order chi connectivity index (χ1) is 12.2. The molecular weight excluding hydrogens is 415 g/mol. The van der Waals surface area contributed by atoms with E-state index in [1.807, 2.05) is 13.8 Å². The van der Waals surface area contributed by atoms with E-state index in [9.17, 15) is 9.36 Å². The Morgan fingerprint density at radius 1 is 1.42 bits per heavy atom. The Hall–Kier alpha value is -0.790. The molecule has 0 aliphatic carbocycles. The molecule has 0 bridgehead atoms. The van der Waals surface area contributed by atoms with E-state index in [-0.39, 0.29) is 17.7 Å². The summed E-state index contributed by atoms with van der Waals surface area (Å²) in [4.78, 5) is 11.9. The number of hydrogen-bond donors (Lipinski definition) is 1. The van der Waals surface area contributed by atoms with Crippen molar-refractivity contribution in [3.63, 3.8) is 0 Å². The second-order valence-electron chi connectivity index (χ2n) is 6.15. The minimum atomic E-state index is -3.77. The van der Waals surface area contributed by atoms with Crippen LogP contribution in [0.5, 0.6) is 5.75 Å². The second-order valence-corrected chi connectivity index (χ2v) is 10.1. The molecule has 0 aromatic heterocycles. The topological polar surface area (TPSA) is 67.9 Å². The van der Waals surface area contributed by atoms with E-state index in [1.165, 1.54) is 18.9 Å². The van der Waals surface area contributed by atoms with Crippen molar-refractivity contribution in [2.45, 2.75) is 32.9 Å². The number of benzene rings is 1. The molecule has 0 unspecified atom stereocenters. The molecule has 1 aromatic rings. The number of para-hydroxylation sites is 1. The van der Waals surface area contributed by atoms with E-state index in [4.69, 9.17) is 33.1 Å². The van der Waals surface area contributed by atoms with E-state index in [2.05, 4.69) is 5.09 Å². The molecule has 1 heterocycles. The summed E-state index contributed by atoms with van der Waals surface area (Å²) < 4.78 is 26.6. The normalized spacial score (nSPS) is 20.8. The minimum Gasteiger partial charge on any atom is -0.468 e. The number of carbonyl (C=O) groups excluding carboxylic acids is 1. The number of nitrogens with one attached hydrogen (secondary N) is 1. The van der Waals surface area contributed by atoms with Crippen LogP contribution in [0.4, 0.5) is 0 Å². The number of esters is 1. The summed E-state index contributed by atoms with van der Waals surface area (Å²) in [5, 5.41) is 3.12. The number of thiocarbonyl (C=S) groups is 1. The lowest BCUT2D eigenvalue weighted by molar-refractivity contribution is -0.142. The largest absolute Gasteiger partial charge is 0.468 e. The average Bonchev–Trinajstić information content (AvgIpc) is 2.98. The third kappa shape index (κ3) is 4.73. The Morgan fingerprint density at radius 2 is 2.08 bits per heavy atom. The predicted molar refractivity (Wildman–Crippen MR) is 110 cm³/mol. The fraction of sp³-hybridized carbons (Fsp3) is 0.500. The molecule has 1 aliphatic heterocycles. The van der Waals surface area contributed by atoms with Crippen LogP contribution in [0.15, 0.2) is 24.3 Å². The van der Waals surface area contributed by atoms with Crippen LogP contribution in [0.25, 0.3) is 0 Å². The molecule has 0 spiro atoms. The molecule has 10 heteroatoms. The van der Waals surface area contributed by atoms with Gasteiger partial charge in [-0.15, -0.1) is 0 Å². The van der Waals surface area contributed by atoms with Gasteiger partial charge in [-0.2, -0.15) is 0 Å². The first-order valence-electron chi connectivity index (χ1n) is 8.06. The number of carbonyl (C=O) groups is 1. The zero-order chi connectivity index (χ0) is 19.5. The van der Waals surface area contributed by atoms with Crippen molar-refractivity contribution in [1.29, 1.82) is 0 Å². The molecule has 1 N–H and O–H groups in total. The molecule has 1 fully saturated rings. The van der Waals surface area contributed by atoms with Gasteiger partial charge >= 0.3 is 13.6 Å². The highest BCUT2D eigenvalue weighted by molar-refractivity contribution is 8.23. The van der Waals surface area contributed by atoms with Gasteiger partial charge in [-0.25, -0.2) is 9.65 Å².